The number of hydrogen-bond acceptors (Lipinski definition) is 6. The van der Waals surface area contributed by atoms with Gasteiger partial charge in [0.15, 0.2) is 17.3 Å². The van der Waals surface area contributed by atoms with Crippen molar-refractivity contribution in [2.24, 2.45) is 11.8 Å². The van der Waals surface area contributed by atoms with Gasteiger partial charge in [-0.15, -0.1) is 0 Å². The van der Waals surface area contributed by atoms with Crippen molar-refractivity contribution in [1.82, 2.24) is 0 Å². The second kappa shape index (κ2) is 10.4. The van der Waals surface area contributed by atoms with Gasteiger partial charge in [-0.1, -0.05) is 24.6 Å². The molecule has 0 aromatic heterocycles. The van der Waals surface area contributed by atoms with Crippen LogP contribution in [0.25, 0.3) is 0 Å². The normalized spacial score (nSPS) is 26.6. The molecule has 1 saturated carbocycles. The number of para-hydroxylation sites is 2. The highest BCUT2D eigenvalue weighted by atomic mass is 32.2. The Bertz CT molecular complexity index is 1040. The summed E-state index contributed by atoms with van der Waals surface area (Å²) in [5.74, 6) is 1.14. The minimum absolute atomic E-state index is 0.0634. The Morgan fingerprint density at radius 3 is 2.44 bits per heavy atom. The Morgan fingerprint density at radius 2 is 1.86 bits per heavy atom. The maximum atomic E-state index is 13.2. The fraction of sp³-hybridized carbons (Fsp3) is 0.655. The van der Waals surface area contributed by atoms with Gasteiger partial charge in [-0.3, -0.25) is 13.8 Å². The number of ketones is 2. The number of Topliss-reactive ketones (excluding diaryl/α,β-unsaturated/α-hetero) is 2. The Kier molecular flexibility index (Phi) is 7.82. The summed E-state index contributed by atoms with van der Waals surface area (Å²) < 4.78 is 31.0. The van der Waals surface area contributed by atoms with E-state index < -0.39 is 21.8 Å². The molecule has 0 amide bonds. The molecule has 0 saturated heterocycles. The summed E-state index contributed by atoms with van der Waals surface area (Å²) in [4.78, 5) is 26.2. The summed E-state index contributed by atoms with van der Waals surface area (Å²) in [6, 6.07) is 7.53. The van der Waals surface area contributed by atoms with E-state index in [9.17, 15) is 13.8 Å². The minimum Gasteiger partial charge on any atom is -0.449 e. The maximum absolute atomic E-state index is 13.2. The second-order valence-corrected chi connectivity index (χ2v) is 13.3. The summed E-state index contributed by atoms with van der Waals surface area (Å²) in [6.45, 7) is 10.2. The standard InChI is InChI=1S/C29H40O6S/c1-18-16-20-19(27(18)35-28(2,3)4)13-14-22(30)21(20)17-26(36(6)32)23(31)10-9-15-29(5)33-24-11-7-8-12-25(24)34-29/h7-8,11-12,18-19,26-27H,9-10,13-17H2,1-6H3/t18?,19?,26?,27-,36?/m0/s1. The minimum atomic E-state index is -1.37. The van der Waals surface area contributed by atoms with Crippen molar-refractivity contribution in [1.29, 1.82) is 0 Å². The Balaban J connectivity index is 1.42. The predicted octanol–water partition coefficient (Wildman–Crippen LogP) is 5.55. The first-order valence-corrected chi connectivity index (χ1v) is 14.7. The molecule has 1 aromatic carbocycles. The monoisotopic (exact) mass is 516 g/mol. The van der Waals surface area contributed by atoms with E-state index in [2.05, 4.69) is 27.7 Å². The van der Waals surface area contributed by atoms with Gasteiger partial charge < -0.3 is 14.2 Å². The first kappa shape index (κ1) is 27.1. The summed E-state index contributed by atoms with van der Waals surface area (Å²) >= 11 is 0. The molecule has 1 fully saturated rings. The molecular formula is C29H40O6S. The molecular weight excluding hydrogens is 476 g/mol. The molecule has 6 nitrogen and oxygen atoms in total. The Morgan fingerprint density at radius 1 is 1.22 bits per heavy atom. The fourth-order valence-corrected chi connectivity index (χ4v) is 6.81. The third kappa shape index (κ3) is 5.94. The van der Waals surface area contributed by atoms with Gasteiger partial charge in [-0.05, 0) is 70.1 Å². The van der Waals surface area contributed by atoms with Gasteiger partial charge in [-0.25, -0.2) is 0 Å². The molecule has 2 aliphatic carbocycles. The van der Waals surface area contributed by atoms with Gasteiger partial charge in [0.05, 0.1) is 17.0 Å². The van der Waals surface area contributed by atoms with Gasteiger partial charge >= 0.3 is 0 Å². The van der Waals surface area contributed by atoms with Crippen molar-refractivity contribution in [2.75, 3.05) is 6.26 Å². The zero-order valence-corrected chi connectivity index (χ0v) is 23.2. The molecule has 1 heterocycles. The van der Waals surface area contributed by atoms with Crippen molar-refractivity contribution in [3.05, 3.63) is 35.4 Å². The van der Waals surface area contributed by atoms with Crippen LogP contribution >= 0.6 is 0 Å². The van der Waals surface area contributed by atoms with Gasteiger partial charge in [0.2, 0.25) is 5.79 Å². The molecule has 0 bridgehead atoms. The van der Waals surface area contributed by atoms with Crippen LogP contribution in [0.4, 0.5) is 0 Å². The van der Waals surface area contributed by atoms with Crippen LogP contribution in [0.1, 0.15) is 79.6 Å². The molecule has 0 spiro atoms. The smallest absolute Gasteiger partial charge is 0.248 e. The number of benzene rings is 1. The molecule has 3 aliphatic rings. The first-order valence-electron chi connectivity index (χ1n) is 13.1. The van der Waals surface area contributed by atoms with Crippen LogP contribution in [0.15, 0.2) is 35.4 Å². The zero-order chi connectivity index (χ0) is 26.3. The number of rotatable bonds is 9. The van der Waals surface area contributed by atoms with Crippen LogP contribution in [0.2, 0.25) is 0 Å². The third-order valence-corrected chi connectivity index (χ3v) is 8.78. The number of fused-ring (bicyclic) bond motifs is 2. The second-order valence-electron chi connectivity index (χ2n) is 11.7. The van der Waals surface area contributed by atoms with Crippen molar-refractivity contribution < 1.29 is 28.0 Å². The van der Waals surface area contributed by atoms with E-state index in [1.165, 1.54) is 0 Å². The number of carbonyl (C=O) groups excluding carboxylic acids is 2. The molecule has 198 valence electrons. The van der Waals surface area contributed by atoms with Crippen molar-refractivity contribution in [2.45, 2.75) is 102 Å². The first-order chi connectivity index (χ1) is 16.9. The lowest BCUT2D eigenvalue weighted by Gasteiger charge is -2.33. The van der Waals surface area contributed by atoms with Crippen LogP contribution in [-0.4, -0.2) is 44.8 Å². The molecule has 7 heteroatoms. The molecule has 1 aliphatic heterocycles. The number of hydrogen-bond donors (Lipinski definition) is 0. The molecule has 4 rings (SSSR count). The molecule has 5 atom stereocenters. The Hall–Kier alpha value is -1.99. The van der Waals surface area contributed by atoms with Crippen LogP contribution < -0.4 is 9.47 Å². The molecule has 1 aromatic rings. The van der Waals surface area contributed by atoms with E-state index in [0.717, 1.165) is 24.0 Å². The third-order valence-electron chi connectivity index (χ3n) is 7.55. The highest BCUT2D eigenvalue weighted by Gasteiger charge is 2.45. The van der Waals surface area contributed by atoms with Crippen molar-refractivity contribution >= 4 is 22.4 Å². The van der Waals surface area contributed by atoms with Gasteiger partial charge in [0.1, 0.15) is 5.78 Å². The fourth-order valence-electron chi connectivity index (χ4n) is 5.92. The lowest BCUT2D eigenvalue weighted by atomic mass is 9.81. The quantitative estimate of drug-likeness (QED) is 0.428. The molecule has 36 heavy (non-hydrogen) atoms. The number of carbonyl (C=O) groups is 2. The van der Waals surface area contributed by atoms with E-state index in [1.54, 1.807) is 6.26 Å². The predicted molar refractivity (Wildman–Crippen MR) is 141 cm³/mol. The van der Waals surface area contributed by atoms with E-state index >= 15 is 0 Å². The van der Waals surface area contributed by atoms with E-state index in [4.69, 9.17) is 14.2 Å². The summed E-state index contributed by atoms with van der Waals surface area (Å²) in [7, 11) is -1.37. The van der Waals surface area contributed by atoms with Crippen LogP contribution in [0.5, 0.6) is 11.5 Å². The van der Waals surface area contributed by atoms with Crippen LogP contribution in [0, 0.1) is 11.8 Å². The lowest BCUT2D eigenvalue weighted by molar-refractivity contribution is -0.119. The van der Waals surface area contributed by atoms with Gasteiger partial charge in [0, 0.05) is 49.2 Å². The average Bonchev–Trinajstić information content (AvgIpc) is 3.27. The van der Waals surface area contributed by atoms with Crippen molar-refractivity contribution in [3.63, 3.8) is 0 Å². The highest BCUT2D eigenvalue weighted by Crippen LogP contribution is 2.47. The van der Waals surface area contributed by atoms with E-state index in [0.29, 0.717) is 36.7 Å². The molecule has 4 unspecified atom stereocenters. The average molecular weight is 517 g/mol. The van der Waals surface area contributed by atoms with Crippen LogP contribution in [0.3, 0.4) is 0 Å². The van der Waals surface area contributed by atoms with E-state index in [1.807, 2.05) is 31.2 Å². The van der Waals surface area contributed by atoms with Gasteiger partial charge in [-0.2, -0.15) is 0 Å². The topological polar surface area (TPSA) is 78.9 Å². The summed E-state index contributed by atoms with van der Waals surface area (Å²) in [5, 5.41) is -0.677. The van der Waals surface area contributed by atoms with Gasteiger partial charge in [0.25, 0.3) is 0 Å². The Labute approximate surface area is 217 Å². The zero-order valence-electron chi connectivity index (χ0n) is 22.4. The SMILES string of the molecule is CC1CC2=C(CC(C(=O)CCCC3(C)Oc4ccccc4O3)S(C)=O)C(=O)CCC2[C@H]1OC(C)(C)C. The van der Waals surface area contributed by atoms with Crippen molar-refractivity contribution in [3.8, 4) is 11.5 Å². The van der Waals surface area contributed by atoms with Crippen LogP contribution in [-0.2, 0) is 25.1 Å². The lowest BCUT2D eigenvalue weighted by Crippen LogP contribution is -2.36. The van der Waals surface area contributed by atoms with E-state index in [-0.39, 0.29) is 42.0 Å². The largest absolute Gasteiger partial charge is 0.449 e. The molecule has 0 N–H and O–H groups in total. The summed E-state index contributed by atoms with van der Waals surface area (Å²) in [6.07, 6.45) is 5.32. The number of allylic oxidation sites excluding steroid dienone is 1. The highest BCUT2D eigenvalue weighted by molar-refractivity contribution is 7.85. The maximum Gasteiger partial charge on any atom is 0.248 e. The summed E-state index contributed by atoms with van der Waals surface area (Å²) in [5.41, 5.74) is 1.61. The number of ether oxygens (including phenoxy) is 3. The molecule has 0 radical (unpaired) electrons.